The van der Waals surface area contributed by atoms with Gasteiger partial charge >= 0.3 is 0 Å². The van der Waals surface area contributed by atoms with E-state index in [0.717, 1.165) is 49.5 Å². The van der Waals surface area contributed by atoms with E-state index in [1.165, 1.54) is 17.8 Å². The minimum absolute atomic E-state index is 0.0837. The van der Waals surface area contributed by atoms with Crippen LogP contribution in [-0.2, 0) is 18.7 Å². The number of hydrogen-bond acceptors (Lipinski definition) is 7. The second-order valence-corrected chi connectivity index (χ2v) is 9.09. The summed E-state index contributed by atoms with van der Waals surface area (Å²) in [5.74, 6) is 1.88. The molecule has 34 heavy (non-hydrogen) atoms. The molecule has 1 amide bonds. The Kier molecular flexibility index (Phi) is 6.39. The largest absolute Gasteiger partial charge is 0.361 e. The SMILES string of the molecule is Cc1cc(CSc2ncccc2C(=O)Nc2cc(-c3nnc4n3CCCCC4)ccc2F)no1. The molecular formula is C24H23FN6O2S. The Labute approximate surface area is 200 Å². The van der Waals surface area contributed by atoms with E-state index in [-0.39, 0.29) is 5.69 Å². The van der Waals surface area contributed by atoms with Crippen LogP contribution in [0, 0.1) is 12.7 Å². The van der Waals surface area contributed by atoms with Crippen LogP contribution in [0.5, 0.6) is 0 Å². The second kappa shape index (κ2) is 9.76. The molecule has 8 nitrogen and oxygen atoms in total. The number of aryl methyl sites for hydroxylation is 2. The molecule has 0 spiro atoms. The predicted octanol–water partition coefficient (Wildman–Crippen LogP) is 5.05. The molecule has 1 aliphatic heterocycles. The first-order chi connectivity index (χ1) is 16.6. The van der Waals surface area contributed by atoms with Crippen LogP contribution in [0.2, 0.25) is 0 Å². The average Bonchev–Trinajstić information content (AvgIpc) is 3.37. The van der Waals surface area contributed by atoms with Crippen molar-refractivity contribution in [1.82, 2.24) is 24.9 Å². The van der Waals surface area contributed by atoms with Crippen molar-refractivity contribution in [1.29, 1.82) is 0 Å². The molecular weight excluding hydrogens is 455 g/mol. The molecule has 174 valence electrons. The number of benzene rings is 1. The Bertz CT molecular complexity index is 1330. The van der Waals surface area contributed by atoms with E-state index in [1.54, 1.807) is 30.5 Å². The highest BCUT2D eigenvalue weighted by Gasteiger charge is 2.19. The summed E-state index contributed by atoms with van der Waals surface area (Å²) in [4.78, 5) is 17.4. The van der Waals surface area contributed by atoms with E-state index in [4.69, 9.17) is 4.52 Å². The van der Waals surface area contributed by atoms with Crippen LogP contribution in [-0.4, -0.2) is 30.8 Å². The first kappa shape index (κ1) is 22.3. The van der Waals surface area contributed by atoms with Crippen LogP contribution in [0.25, 0.3) is 11.4 Å². The number of nitrogens with zero attached hydrogens (tertiary/aromatic N) is 5. The lowest BCUT2D eigenvalue weighted by Gasteiger charge is -2.12. The van der Waals surface area contributed by atoms with E-state index < -0.39 is 11.7 Å². The maximum absolute atomic E-state index is 14.7. The number of rotatable bonds is 6. The number of thioether (sulfide) groups is 1. The third kappa shape index (κ3) is 4.72. The standard InChI is InChI=1S/C24H23FN6O2S/c1-15-12-17(30-33-15)14-34-24-18(6-5-10-26-24)23(32)27-20-13-16(8-9-19(20)25)22-29-28-21-7-3-2-4-11-31(21)22/h5-6,8-10,12-13H,2-4,7,11,14H2,1H3,(H,27,32). The minimum Gasteiger partial charge on any atom is -0.361 e. The average molecular weight is 479 g/mol. The summed E-state index contributed by atoms with van der Waals surface area (Å²) in [7, 11) is 0. The van der Waals surface area contributed by atoms with Crippen molar-refractivity contribution in [2.24, 2.45) is 0 Å². The first-order valence-corrected chi connectivity index (χ1v) is 12.1. The van der Waals surface area contributed by atoms with Crippen molar-refractivity contribution in [3.8, 4) is 11.4 Å². The highest BCUT2D eigenvalue weighted by atomic mass is 32.2. The number of fused-ring (bicyclic) bond motifs is 1. The van der Waals surface area contributed by atoms with Gasteiger partial charge in [-0.3, -0.25) is 4.79 Å². The predicted molar refractivity (Wildman–Crippen MR) is 126 cm³/mol. The van der Waals surface area contributed by atoms with E-state index in [9.17, 15) is 9.18 Å². The lowest BCUT2D eigenvalue weighted by atomic mass is 10.1. The van der Waals surface area contributed by atoms with Crippen molar-refractivity contribution >= 4 is 23.4 Å². The van der Waals surface area contributed by atoms with Gasteiger partial charge in [0.05, 0.1) is 16.9 Å². The van der Waals surface area contributed by atoms with E-state index in [2.05, 4.69) is 30.2 Å². The molecule has 1 N–H and O–H groups in total. The molecule has 0 radical (unpaired) electrons. The second-order valence-electron chi connectivity index (χ2n) is 8.12. The van der Waals surface area contributed by atoms with Gasteiger partial charge in [-0.25, -0.2) is 9.37 Å². The molecule has 3 aromatic heterocycles. The fourth-order valence-corrected chi connectivity index (χ4v) is 4.83. The van der Waals surface area contributed by atoms with Gasteiger partial charge in [0.1, 0.15) is 22.4 Å². The maximum atomic E-state index is 14.7. The Morgan fingerprint density at radius 2 is 2.12 bits per heavy atom. The maximum Gasteiger partial charge on any atom is 0.258 e. The molecule has 1 aromatic carbocycles. The summed E-state index contributed by atoms with van der Waals surface area (Å²) in [6.45, 7) is 2.65. The summed E-state index contributed by atoms with van der Waals surface area (Å²) >= 11 is 1.37. The smallest absolute Gasteiger partial charge is 0.258 e. The van der Waals surface area contributed by atoms with Gasteiger partial charge in [-0.15, -0.1) is 10.2 Å². The summed E-state index contributed by atoms with van der Waals surface area (Å²) in [5.41, 5.74) is 1.90. The molecule has 10 heteroatoms. The van der Waals surface area contributed by atoms with Gasteiger partial charge in [-0.2, -0.15) is 0 Å². The number of amides is 1. The van der Waals surface area contributed by atoms with Gasteiger partial charge in [-0.1, -0.05) is 23.3 Å². The Hall–Kier alpha value is -3.53. The van der Waals surface area contributed by atoms with Crippen LogP contribution in [0.3, 0.4) is 0 Å². The summed E-state index contributed by atoms with van der Waals surface area (Å²) in [6, 6.07) is 9.79. The van der Waals surface area contributed by atoms with Gasteiger partial charge in [-0.05, 0) is 50.1 Å². The third-order valence-corrected chi connectivity index (χ3v) is 6.67. The molecule has 5 rings (SSSR count). The molecule has 0 fully saturated rings. The topological polar surface area (TPSA) is 98.7 Å². The third-order valence-electron chi connectivity index (χ3n) is 5.63. The Balaban J connectivity index is 1.37. The molecule has 0 atom stereocenters. The zero-order valence-corrected chi connectivity index (χ0v) is 19.4. The van der Waals surface area contributed by atoms with Gasteiger partial charge in [0.15, 0.2) is 5.82 Å². The highest BCUT2D eigenvalue weighted by molar-refractivity contribution is 7.98. The fraction of sp³-hybridized carbons (Fsp3) is 0.292. The summed E-state index contributed by atoms with van der Waals surface area (Å²) < 4.78 is 21.8. The number of halogens is 1. The van der Waals surface area contributed by atoms with Crippen molar-refractivity contribution in [3.05, 3.63) is 71.3 Å². The number of anilines is 1. The normalized spacial score (nSPS) is 13.4. The Morgan fingerprint density at radius 3 is 2.97 bits per heavy atom. The van der Waals surface area contributed by atoms with E-state index in [1.807, 2.05) is 13.0 Å². The Morgan fingerprint density at radius 1 is 1.21 bits per heavy atom. The number of carbonyl (C=O) groups is 1. The van der Waals surface area contributed by atoms with E-state index >= 15 is 0 Å². The van der Waals surface area contributed by atoms with Crippen LogP contribution in [0.15, 0.2) is 52.1 Å². The number of pyridine rings is 1. The lowest BCUT2D eigenvalue weighted by molar-refractivity contribution is 0.102. The number of aromatic nitrogens is 5. The van der Waals surface area contributed by atoms with E-state index in [0.29, 0.717) is 27.7 Å². The van der Waals surface area contributed by atoms with Crippen molar-refractivity contribution in [3.63, 3.8) is 0 Å². The van der Waals surface area contributed by atoms with Crippen molar-refractivity contribution < 1.29 is 13.7 Å². The molecule has 0 saturated heterocycles. The molecule has 0 aliphatic carbocycles. The fourth-order valence-electron chi connectivity index (χ4n) is 3.96. The zero-order valence-electron chi connectivity index (χ0n) is 18.6. The monoisotopic (exact) mass is 478 g/mol. The highest BCUT2D eigenvalue weighted by Crippen LogP contribution is 2.28. The molecule has 1 aliphatic rings. The molecule has 0 unspecified atom stereocenters. The summed E-state index contributed by atoms with van der Waals surface area (Å²) in [6.07, 6.45) is 5.79. The van der Waals surface area contributed by atoms with Crippen LogP contribution < -0.4 is 5.32 Å². The molecule has 4 aromatic rings. The van der Waals surface area contributed by atoms with Crippen LogP contribution >= 0.6 is 11.8 Å². The minimum atomic E-state index is -0.524. The lowest BCUT2D eigenvalue weighted by Crippen LogP contribution is -2.15. The number of nitrogens with one attached hydrogen (secondary N) is 1. The van der Waals surface area contributed by atoms with Crippen LogP contribution in [0.4, 0.5) is 10.1 Å². The number of hydrogen-bond donors (Lipinski definition) is 1. The summed E-state index contributed by atoms with van der Waals surface area (Å²) in [5, 5.41) is 15.9. The zero-order chi connectivity index (χ0) is 23.5. The van der Waals surface area contributed by atoms with Crippen LogP contribution in [0.1, 0.15) is 46.9 Å². The van der Waals surface area contributed by atoms with Gasteiger partial charge < -0.3 is 14.4 Å². The molecule has 0 saturated carbocycles. The molecule has 0 bridgehead atoms. The molecule has 4 heterocycles. The van der Waals surface area contributed by atoms with Crippen molar-refractivity contribution in [2.75, 3.05) is 5.32 Å². The quantitative estimate of drug-likeness (QED) is 0.387. The van der Waals surface area contributed by atoms with Gasteiger partial charge in [0.2, 0.25) is 0 Å². The number of carbonyl (C=O) groups excluding carboxylic acids is 1. The van der Waals surface area contributed by atoms with Crippen molar-refractivity contribution in [2.45, 2.75) is 49.9 Å². The van der Waals surface area contributed by atoms with Gasteiger partial charge in [0, 0.05) is 36.5 Å². The van der Waals surface area contributed by atoms with Gasteiger partial charge in [0.25, 0.3) is 5.91 Å². The first-order valence-electron chi connectivity index (χ1n) is 11.1.